The van der Waals surface area contributed by atoms with Crippen molar-refractivity contribution in [3.8, 4) is 0 Å². The molecule has 0 bridgehead atoms. The molecule has 1 saturated carbocycles. The van der Waals surface area contributed by atoms with Crippen LogP contribution in [0.3, 0.4) is 0 Å². The number of carbonyl (C=O) groups is 2. The van der Waals surface area contributed by atoms with Gasteiger partial charge in [0.1, 0.15) is 0 Å². The largest absolute Gasteiger partial charge is 0.388 e. The van der Waals surface area contributed by atoms with Gasteiger partial charge in [0, 0.05) is 0 Å². The fourth-order valence-corrected chi connectivity index (χ4v) is 3.62. The highest BCUT2D eigenvalue weighted by atomic mass is 16.3. The Morgan fingerprint density at radius 1 is 1.29 bits per heavy atom. The third kappa shape index (κ3) is 2.48. The number of hydrogen-bond acceptors (Lipinski definition) is 3. The first-order chi connectivity index (χ1) is 9.89. The summed E-state index contributed by atoms with van der Waals surface area (Å²) in [5.41, 5.74) is 0.951. The maximum atomic E-state index is 12.5. The zero-order chi connectivity index (χ0) is 15.2. The molecule has 0 spiro atoms. The maximum Gasteiger partial charge on any atom is 0.261 e. The second-order valence-corrected chi connectivity index (χ2v) is 6.67. The second-order valence-electron chi connectivity index (χ2n) is 6.67. The van der Waals surface area contributed by atoms with Crippen LogP contribution in [-0.4, -0.2) is 34.0 Å². The molecule has 0 radical (unpaired) electrons. The van der Waals surface area contributed by atoms with Crippen LogP contribution in [0.1, 0.15) is 58.9 Å². The molecule has 1 aromatic carbocycles. The highest BCUT2D eigenvalue weighted by molar-refractivity contribution is 6.21. The molecule has 1 aliphatic heterocycles. The number of benzene rings is 1. The van der Waals surface area contributed by atoms with Crippen LogP contribution in [0.4, 0.5) is 0 Å². The van der Waals surface area contributed by atoms with Gasteiger partial charge < -0.3 is 5.11 Å². The van der Waals surface area contributed by atoms with Crippen molar-refractivity contribution in [2.45, 2.75) is 45.1 Å². The lowest BCUT2D eigenvalue weighted by Gasteiger charge is -2.37. The van der Waals surface area contributed by atoms with Crippen molar-refractivity contribution in [1.82, 2.24) is 4.90 Å². The van der Waals surface area contributed by atoms with E-state index in [9.17, 15) is 14.7 Å². The van der Waals surface area contributed by atoms with Gasteiger partial charge in [0.15, 0.2) is 0 Å². The number of aryl methyl sites for hydroxylation is 1. The molecule has 2 aliphatic rings. The summed E-state index contributed by atoms with van der Waals surface area (Å²) in [4.78, 5) is 26.1. The molecule has 1 aliphatic carbocycles. The van der Waals surface area contributed by atoms with Crippen molar-refractivity contribution in [2.75, 3.05) is 6.54 Å². The summed E-state index contributed by atoms with van der Waals surface area (Å²) in [6.45, 7) is 4.12. The second kappa shape index (κ2) is 4.95. The summed E-state index contributed by atoms with van der Waals surface area (Å²) < 4.78 is 0. The fourth-order valence-electron chi connectivity index (χ4n) is 3.62. The maximum absolute atomic E-state index is 12.5. The van der Waals surface area contributed by atoms with Gasteiger partial charge in [0.05, 0.1) is 23.3 Å². The number of imide groups is 1. The number of aliphatic hydroxyl groups is 1. The number of fused-ring (bicyclic) bond motifs is 1. The fraction of sp³-hybridized carbons (Fsp3) is 0.529. The monoisotopic (exact) mass is 287 g/mol. The minimum atomic E-state index is -0.930. The van der Waals surface area contributed by atoms with Crippen LogP contribution in [-0.2, 0) is 0 Å². The highest BCUT2D eigenvalue weighted by Gasteiger charge is 2.42. The van der Waals surface area contributed by atoms with E-state index >= 15 is 0 Å². The molecule has 1 fully saturated rings. The molecular formula is C17H21NO3. The van der Waals surface area contributed by atoms with E-state index < -0.39 is 5.60 Å². The van der Waals surface area contributed by atoms with Crippen LogP contribution in [0.25, 0.3) is 0 Å². The third-order valence-electron chi connectivity index (χ3n) is 4.65. The van der Waals surface area contributed by atoms with Gasteiger partial charge in [-0.05, 0) is 37.8 Å². The van der Waals surface area contributed by atoms with Crippen LogP contribution < -0.4 is 0 Å². The van der Waals surface area contributed by atoms with Crippen LogP contribution in [0.15, 0.2) is 18.2 Å². The van der Waals surface area contributed by atoms with Crippen molar-refractivity contribution in [1.29, 1.82) is 0 Å². The third-order valence-corrected chi connectivity index (χ3v) is 4.65. The van der Waals surface area contributed by atoms with E-state index in [1.165, 1.54) is 4.90 Å². The quantitative estimate of drug-likeness (QED) is 0.850. The lowest BCUT2D eigenvalue weighted by atomic mass is 9.78. The van der Waals surface area contributed by atoms with Gasteiger partial charge in [-0.25, -0.2) is 0 Å². The van der Waals surface area contributed by atoms with Crippen molar-refractivity contribution in [3.05, 3.63) is 34.9 Å². The van der Waals surface area contributed by atoms with Gasteiger partial charge in [0.2, 0.25) is 0 Å². The molecule has 0 aromatic heterocycles. The topological polar surface area (TPSA) is 57.6 Å². The number of carbonyl (C=O) groups excluding carboxylic acids is 2. The van der Waals surface area contributed by atoms with Gasteiger partial charge >= 0.3 is 0 Å². The van der Waals surface area contributed by atoms with Gasteiger partial charge in [-0.15, -0.1) is 0 Å². The highest BCUT2D eigenvalue weighted by Crippen LogP contribution is 2.35. The van der Waals surface area contributed by atoms with Crippen molar-refractivity contribution in [2.24, 2.45) is 5.92 Å². The summed E-state index contributed by atoms with van der Waals surface area (Å²) in [5.74, 6) is -0.117. The van der Waals surface area contributed by atoms with E-state index in [2.05, 4.69) is 6.92 Å². The Morgan fingerprint density at radius 2 is 2.00 bits per heavy atom. The average molecular weight is 287 g/mol. The molecule has 1 heterocycles. The van der Waals surface area contributed by atoms with E-state index in [-0.39, 0.29) is 18.4 Å². The smallest absolute Gasteiger partial charge is 0.261 e. The van der Waals surface area contributed by atoms with E-state index in [1.54, 1.807) is 12.1 Å². The minimum absolute atomic E-state index is 0.114. The first-order valence-corrected chi connectivity index (χ1v) is 7.59. The van der Waals surface area contributed by atoms with Gasteiger partial charge in [-0.1, -0.05) is 31.4 Å². The molecule has 1 aromatic rings. The first kappa shape index (κ1) is 14.3. The molecule has 2 amide bonds. The number of rotatable bonds is 2. The van der Waals surface area contributed by atoms with E-state index in [0.717, 1.165) is 18.4 Å². The lowest BCUT2D eigenvalue weighted by Crippen LogP contribution is -2.47. The number of nitrogens with zero attached hydrogens (tertiary/aromatic N) is 1. The molecule has 1 N–H and O–H groups in total. The Kier molecular flexibility index (Phi) is 3.36. The summed E-state index contributed by atoms with van der Waals surface area (Å²) in [6, 6.07) is 5.30. The van der Waals surface area contributed by atoms with Gasteiger partial charge in [0.25, 0.3) is 11.8 Å². The van der Waals surface area contributed by atoms with Crippen LogP contribution in [0, 0.1) is 12.8 Å². The summed E-state index contributed by atoms with van der Waals surface area (Å²) in [7, 11) is 0. The predicted octanol–water partition coefficient (Wildman–Crippen LogP) is 2.53. The lowest BCUT2D eigenvalue weighted by molar-refractivity contribution is -0.0309. The standard InChI is InChI=1S/C17H21NO3/c1-11-5-6-13-14(8-11)16(20)18(15(13)19)10-17(21)7-3-4-12(2)9-17/h5-6,8,12,21H,3-4,7,9-10H2,1-2H3. The zero-order valence-corrected chi connectivity index (χ0v) is 12.6. The molecule has 4 nitrogen and oxygen atoms in total. The number of hydrogen-bond donors (Lipinski definition) is 1. The van der Waals surface area contributed by atoms with Crippen LogP contribution in [0.5, 0.6) is 0 Å². The molecule has 4 heteroatoms. The van der Waals surface area contributed by atoms with Crippen molar-refractivity contribution in [3.63, 3.8) is 0 Å². The Labute approximate surface area is 124 Å². The van der Waals surface area contributed by atoms with E-state index in [4.69, 9.17) is 0 Å². The molecule has 3 rings (SSSR count). The molecule has 0 saturated heterocycles. The summed E-state index contributed by atoms with van der Waals surface area (Å²) in [6.07, 6.45) is 3.35. The van der Waals surface area contributed by atoms with E-state index in [0.29, 0.717) is 29.9 Å². The number of β-amino-alcohol motifs (C(OH)–C–C–N with tert-alkyl or cyclic N) is 1. The summed E-state index contributed by atoms with van der Waals surface area (Å²) >= 11 is 0. The molecular weight excluding hydrogens is 266 g/mol. The van der Waals surface area contributed by atoms with Crippen molar-refractivity contribution < 1.29 is 14.7 Å². The Morgan fingerprint density at radius 3 is 2.71 bits per heavy atom. The Balaban J connectivity index is 1.85. The zero-order valence-electron chi connectivity index (χ0n) is 12.6. The molecule has 112 valence electrons. The molecule has 21 heavy (non-hydrogen) atoms. The van der Waals surface area contributed by atoms with Crippen LogP contribution >= 0.6 is 0 Å². The molecule has 2 atom stereocenters. The average Bonchev–Trinajstić information content (AvgIpc) is 2.63. The summed E-state index contributed by atoms with van der Waals surface area (Å²) in [5, 5.41) is 10.7. The van der Waals surface area contributed by atoms with Crippen molar-refractivity contribution >= 4 is 11.8 Å². The molecule has 2 unspecified atom stereocenters. The predicted molar refractivity (Wildman–Crippen MR) is 79.1 cm³/mol. The van der Waals surface area contributed by atoms with E-state index in [1.807, 2.05) is 13.0 Å². The number of amides is 2. The van der Waals surface area contributed by atoms with Gasteiger partial charge in [-0.2, -0.15) is 0 Å². The van der Waals surface area contributed by atoms with Crippen LogP contribution in [0.2, 0.25) is 0 Å². The Bertz CT molecular complexity index is 610. The SMILES string of the molecule is Cc1ccc2c(c1)C(=O)N(CC1(O)CCCC(C)C1)C2=O. The van der Waals surface area contributed by atoms with Gasteiger partial charge in [-0.3, -0.25) is 14.5 Å². The first-order valence-electron chi connectivity index (χ1n) is 7.59. The minimum Gasteiger partial charge on any atom is -0.388 e. The normalized spacial score (nSPS) is 28.9. The Hall–Kier alpha value is -1.68.